The smallest absolute Gasteiger partial charge is 0.205 e. The lowest BCUT2D eigenvalue weighted by atomic mass is 9.93. The van der Waals surface area contributed by atoms with Crippen molar-refractivity contribution in [3.63, 3.8) is 0 Å². The van der Waals surface area contributed by atoms with E-state index < -0.39 is 0 Å². The summed E-state index contributed by atoms with van der Waals surface area (Å²) in [4.78, 5) is 4.74. The average Bonchev–Trinajstić information content (AvgIpc) is 3.33. The minimum Gasteiger partial charge on any atom is -0.494 e. The van der Waals surface area contributed by atoms with E-state index in [4.69, 9.17) is 9.72 Å². The van der Waals surface area contributed by atoms with Crippen molar-refractivity contribution >= 4 is 0 Å². The molecule has 0 atom stereocenters. The van der Waals surface area contributed by atoms with Gasteiger partial charge < -0.3 is 4.74 Å². The van der Waals surface area contributed by atoms with Crippen molar-refractivity contribution in [2.45, 2.75) is 26.7 Å². The van der Waals surface area contributed by atoms with Gasteiger partial charge in [0.15, 0.2) is 0 Å². The Morgan fingerprint density at radius 2 is 1.69 bits per heavy atom. The lowest BCUT2D eigenvalue weighted by molar-refractivity contribution is 0.408. The standard InChI is InChI=1S/C23H23N5O/c1-4-17-14-19(22(29-3)21(5-2)24-17)16-11-12-18(15-9-7-6-8-10-15)20(13-16)23-25-27-28-26-23/h6-14H,4-5H2,1-3H3,(H,25,26,27,28). The van der Waals surface area contributed by atoms with Gasteiger partial charge in [-0.1, -0.05) is 56.3 Å². The number of H-pyrrole nitrogens is 1. The van der Waals surface area contributed by atoms with Crippen molar-refractivity contribution in [2.24, 2.45) is 0 Å². The Kier molecular flexibility index (Phi) is 5.33. The lowest BCUT2D eigenvalue weighted by Crippen LogP contribution is -2.01. The van der Waals surface area contributed by atoms with Gasteiger partial charge in [-0.15, -0.1) is 10.2 Å². The van der Waals surface area contributed by atoms with Crippen molar-refractivity contribution in [1.29, 1.82) is 0 Å². The molecule has 29 heavy (non-hydrogen) atoms. The number of pyridine rings is 1. The maximum Gasteiger partial charge on any atom is 0.205 e. The first-order chi connectivity index (χ1) is 14.2. The second-order valence-electron chi connectivity index (χ2n) is 6.71. The fourth-order valence-corrected chi connectivity index (χ4v) is 3.55. The van der Waals surface area contributed by atoms with Crippen LogP contribution in [0.3, 0.4) is 0 Å². The largest absolute Gasteiger partial charge is 0.494 e. The van der Waals surface area contributed by atoms with Gasteiger partial charge in [-0.05, 0) is 46.9 Å². The molecule has 146 valence electrons. The minimum absolute atomic E-state index is 0.560. The van der Waals surface area contributed by atoms with Crippen LogP contribution in [0.15, 0.2) is 54.6 Å². The SMILES string of the molecule is CCc1cc(-c2ccc(-c3ccccc3)c(-c3nn[nH]n3)c2)c(OC)c(CC)n1. The fourth-order valence-electron chi connectivity index (χ4n) is 3.55. The van der Waals surface area contributed by atoms with E-state index in [0.717, 1.165) is 57.8 Å². The second-order valence-corrected chi connectivity index (χ2v) is 6.71. The number of hydrogen-bond donors (Lipinski definition) is 1. The summed E-state index contributed by atoms with van der Waals surface area (Å²) in [5.41, 5.74) is 7.14. The average molecular weight is 385 g/mol. The Bertz CT molecular complexity index is 1110. The van der Waals surface area contributed by atoms with Gasteiger partial charge in [0.2, 0.25) is 5.82 Å². The summed E-state index contributed by atoms with van der Waals surface area (Å²) in [6.07, 6.45) is 1.67. The molecule has 0 unspecified atom stereocenters. The van der Waals surface area contributed by atoms with Crippen molar-refractivity contribution in [1.82, 2.24) is 25.6 Å². The predicted octanol–water partition coefficient (Wildman–Crippen LogP) is 4.73. The van der Waals surface area contributed by atoms with Crippen LogP contribution in [0, 0.1) is 0 Å². The molecule has 2 aromatic carbocycles. The highest BCUT2D eigenvalue weighted by molar-refractivity contribution is 5.85. The van der Waals surface area contributed by atoms with E-state index in [2.05, 4.69) is 70.9 Å². The van der Waals surface area contributed by atoms with E-state index in [-0.39, 0.29) is 0 Å². The normalized spacial score (nSPS) is 10.9. The van der Waals surface area contributed by atoms with E-state index in [1.165, 1.54) is 0 Å². The van der Waals surface area contributed by atoms with Crippen LogP contribution in [0.4, 0.5) is 0 Å². The maximum atomic E-state index is 5.75. The molecule has 1 N–H and O–H groups in total. The lowest BCUT2D eigenvalue weighted by Gasteiger charge is -2.16. The first-order valence-corrected chi connectivity index (χ1v) is 9.75. The summed E-state index contributed by atoms with van der Waals surface area (Å²) in [5.74, 6) is 1.38. The zero-order valence-corrected chi connectivity index (χ0v) is 16.8. The van der Waals surface area contributed by atoms with Gasteiger partial charge in [0.1, 0.15) is 5.75 Å². The van der Waals surface area contributed by atoms with Gasteiger partial charge in [0, 0.05) is 16.8 Å². The van der Waals surface area contributed by atoms with Crippen molar-refractivity contribution in [3.8, 4) is 39.4 Å². The Labute approximate surface area is 170 Å². The number of ether oxygens (including phenoxy) is 1. The predicted molar refractivity (Wildman–Crippen MR) is 114 cm³/mol. The first kappa shape index (κ1) is 18.8. The summed E-state index contributed by atoms with van der Waals surface area (Å²) in [7, 11) is 1.70. The van der Waals surface area contributed by atoms with Gasteiger partial charge in [0.05, 0.1) is 12.8 Å². The van der Waals surface area contributed by atoms with Crippen molar-refractivity contribution < 1.29 is 4.74 Å². The summed E-state index contributed by atoms with van der Waals surface area (Å²) < 4.78 is 5.75. The molecule has 0 aliphatic rings. The number of methoxy groups -OCH3 is 1. The molecule has 0 fully saturated rings. The van der Waals surface area contributed by atoms with Crippen LogP contribution in [0.1, 0.15) is 25.2 Å². The first-order valence-electron chi connectivity index (χ1n) is 9.75. The highest BCUT2D eigenvalue weighted by Gasteiger charge is 2.17. The molecular formula is C23H23N5O. The molecule has 0 aliphatic carbocycles. The number of nitrogens with zero attached hydrogens (tertiary/aromatic N) is 4. The molecule has 4 rings (SSSR count). The van der Waals surface area contributed by atoms with E-state index in [1.807, 2.05) is 18.2 Å². The van der Waals surface area contributed by atoms with Crippen LogP contribution >= 0.6 is 0 Å². The van der Waals surface area contributed by atoms with Crippen LogP contribution in [0.2, 0.25) is 0 Å². The summed E-state index contributed by atoms with van der Waals surface area (Å²) in [6, 6.07) is 18.6. The molecule has 2 heterocycles. The number of benzene rings is 2. The fraction of sp³-hybridized carbons (Fsp3) is 0.217. The third kappa shape index (κ3) is 3.61. The highest BCUT2D eigenvalue weighted by atomic mass is 16.5. The Morgan fingerprint density at radius 1 is 0.862 bits per heavy atom. The molecule has 6 nitrogen and oxygen atoms in total. The van der Waals surface area contributed by atoms with Crippen LogP contribution in [0.25, 0.3) is 33.6 Å². The number of aryl methyl sites for hydroxylation is 2. The Balaban J connectivity index is 1.94. The summed E-state index contributed by atoms with van der Waals surface area (Å²) in [5, 5.41) is 14.8. The summed E-state index contributed by atoms with van der Waals surface area (Å²) in [6.45, 7) is 4.21. The number of tetrazole rings is 1. The van der Waals surface area contributed by atoms with E-state index >= 15 is 0 Å². The molecule has 0 amide bonds. The van der Waals surface area contributed by atoms with Gasteiger partial charge in [-0.2, -0.15) is 5.21 Å². The molecule has 0 bridgehead atoms. The van der Waals surface area contributed by atoms with Crippen LogP contribution < -0.4 is 4.74 Å². The molecule has 0 spiro atoms. The summed E-state index contributed by atoms with van der Waals surface area (Å²) >= 11 is 0. The van der Waals surface area contributed by atoms with E-state index in [9.17, 15) is 0 Å². The van der Waals surface area contributed by atoms with Crippen molar-refractivity contribution in [2.75, 3.05) is 7.11 Å². The molecule has 0 aliphatic heterocycles. The molecule has 0 radical (unpaired) electrons. The Morgan fingerprint density at radius 3 is 2.34 bits per heavy atom. The highest BCUT2D eigenvalue weighted by Crippen LogP contribution is 2.38. The molecule has 2 aromatic heterocycles. The van der Waals surface area contributed by atoms with Crippen molar-refractivity contribution in [3.05, 3.63) is 66.0 Å². The Hall–Kier alpha value is -3.54. The third-order valence-corrected chi connectivity index (χ3v) is 5.00. The zero-order chi connectivity index (χ0) is 20.2. The molecule has 6 heteroatoms. The number of aromatic amines is 1. The third-order valence-electron chi connectivity index (χ3n) is 5.00. The van der Waals surface area contributed by atoms with Gasteiger partial charge in [-0.3, -0.25) is 4.98 Å². The zero-order valence-electron chi connectivity index (χ0n) is 16.8. The van der Waals surface area contributed by atoms with E-state index in [0.29, 0.717) is 5.82 Å². The quantitative estimate of drug-likeness (QED) is 0.519. The van der Waals surface area contributed by atoms with Gasteiger partial charge in [0.25, 0.3) is 0 Å². The molecule has 0 saturated carbocycles. The van der Waals surface area contributed by atoms with Gasteiger partial charge in [-0.25, -0.2) is 0 Å². The molecule has 4 aromatic rings. The van der Waals surface area contributed by atoms with Crippen LogP contribution in [-0.2, 0) is 12.8 Å². The number of hydrogen-bond acceptors (Lipinski definition) is 5. The molecular weight excluding hydrogens is 362 g/mol. The number of nitrogens with one attached hydrogen (secondary N) is 1. The monoisotopic (exact) mass is 385 g/mol. The minimum atomic E-state index is 0.560. The van der Waals surface area contributed by atoms with Gasteiger partial charge >= 0.3 is 0 Å². The van der Waals surface area contributed by atoms with Crippen LogP contribution in [-0.4, -0.2) is 32.7 Å². The van der Waals surface area contributed by atoms with E-state index in [1.54, 1.807) is 7.11 Å². The number of rotatable bonds is 6. The maximum absolute atomic E-state index is 5.75. The number of aromatic nitrogens is 5. The topological polar surface area (TPSA) is 76.6 Å². The van der Waals surface area contributed by atoms with Crippen LogP contribution in [0.5, 0.6) is 5.75 Å². The second kappa shape index (κ2) is 8.22. The molecule has 0 saturated heterocycles.